The number of halogens is 4. The van der Waals surface area contributed by atoms with Gasteiger partial charge in [0, 0.05) is 10.6 Å². The Hall–Kier alpha value is -2.55. The Labute approximate surface area is 187 Å². The van der Waals surface area contributed by atoms with Crippen LogP contribution in [0, 0.1) is 0 Å². The van der Waals surface area contributed by atoms with Crippen molar-refractivity contribution in [2.45, 2.75) is 38.8 Å². The third kappa shape index (κ3) is 4.22. The number of phenolic OH excluding ortho intramolecular Hbond substituents is 1. The molecule has 1 unspecified atom stereocenters. The summed E-state index contributed by atoms with van der Waals surface area (Å²) in [6, 6.07) is 8.40. The number of hydrogen-bond acceptors (Lipinski definition) is 4. The number of nitrogens with one attached hydrogen (secondary N) is 1. The molecule has 1 aliphatic rings. The topological polar surface area (TPSA) is 64.1 Å². The van der Waals surface area contributed by atoms with Crippen LogP contribution < -0.4 is 10.3 Å². The number of phenols is 1. The van der Waals surface area contributed by atoms with E-state index in [1.807, 2.05) is 13.8 Å². The maximum atomic E-state index is 14.0. The molecule has 170 valence electrons. The van der Waals surface area contributed by atoms with E-state index in [1.54, 1.807) is 6.07 Å². The number of ether oxygens (including phenoxy) is 1. The van der Waals surface area contributed by atoms with E-state index in [2.05, 4.69) is 0 Å². The van der Waals surface area contributed by atoms with Gasteiger partial charge in [0.05, 0.1) is 16.5 Å². The van der Waals surface area contributed by atoms with Gasteiger partial charge in [0.25, 0.3) is 0 Å². The first kappa shape index (κ1) is 22.6. The molecule has 1 aromatic heterocycles. The first-order chi connectivity index (χ1) is 15.1. The highest BCUT2D eigenvalue weighted by atomic mass is 35.5. The number of hydrogen-bond donors (Lipinski definition) is 2. The first-order valence-electron chi connectivity index (χ1n) is 10.2. The lowest BCUT2D eigenvalue weighted by atomic mass is 10.00. The summed E-state index contributed by atoms with van der Waals surface area (Å²) in [5.41, 5.74) is -1.67. The highest BCUT2D eigenvalue weighted by molar-refractivity contribution is 6.33. The van der Waals surface area contributed by atoms with Crippen LogP contribution in [0.15, 0.2) is 45.6 Å². The minimum atomic E-state index is -4.95. The molecule has 1 fully saturated rings. The summed E-state index contributed by atoms with van der Waals surface area (Å²) >= 11 is 6.11. The maximum Gasteiger partial charge on any atom is 0.450 e. The Balaban J connectivity index is 1.95. The van der Waals surface area contributed by atoms with E-state index in [0.29, 0.717) is 13.1 Å². The fourth-order valence-electron chi connectivity index (χ4n) is 4.37. The molecule has 1 saturated heterocycles. The van der Waals surface area contributed by atoms with Crippen molar-refractivity contribution >= 4 is 22.6 Å². The molecule has 0 aliphatic carbocycles. The van der Waals surface area contributed by atoms with Crippen molar-refractivity contribution in [1.29, 1.82) is 0 Å². The Morgan fingerprint density at radius 2 is 1.78 bits per heavy atom. The second kappa shape index (κ2) is 8.42. The highest BCUT2D eigenvalue weighted by Gasteiger charge is 2.40. The predicted molar refractivity (Wildman–Crippen MR) is 114 cm³/mol. The molecule has 3 atom stereocenters. The van der Waals surface area contributed by atoms with Crippen LogP contribution >= 0.6 is 11.6 Å². The van der Waals surface area contributed by atoms with E-state index in [0.717, 1.165) is 4.90 Å². The van der Waals surface area contributed by atoms with E-state index >= 15 is 0 Å². The minimum absolute atomic E-state index is 0.00406. The Morgan fingerprint density at radius 1 is 1.12 bits per heavy atom. The maximum absolute atomic E-state index is 14.0. The quantitative estimate of drug-likeness (QED) is 0.609. The lowest BCUT2D eigenvalue weighted by Crippen LogP contribution is -3.14. The number of rotatable bonds is 3. The molecule has 5 nitrogen and oxygen atoms in total. The van der Waals surface area contributed by atoms with Gasteiger partial charge in [-0.2, -0.15) is 13.2 Å². The van der Waals surface area contributed by atoms with Crippen molar-refractivity contribution < 1.29 is 32.3 Å². The molecule has 2 N–H and O–H groups in total. The van der Waals surface area contributed by atoms with Gasteiger partial charge >= 0.3 is 6.18 Å². The van der Waals surface area contributed by atoms with Crippen LogP contribution in [0.25, 0.3) is 22.1 Å². The first-order valence-corrected chi connectivity index (χ1v) is 10.6. The largest absolute Gasteiger partial charge is 0.507 e. The predicted octanol–water partition coefficient (Wildman–Crippen LogP) is 4.03. The van der Waals surface area contributed by atoms with Crippen LogP contribution in [0.2, 0.25) is 5.02 Å². The number of alkyl halides is 3. The van der Waals surface area contributed by atoms with Crippen LogP contribution in [0.1, 0.15) is 25.2 Å². The number of fused-ring (bicyclic) bond motifs is 1. The van der Waals surface area contributed by atoms with Gasteiger partial charge in [0.1, 0.15) is 37.6 Å². The van der Waals surface area contributed by atoms with E-state index in [1.165, 1.54) is 30.3 Å². The molecule has 32 heavy (non-hydrogen) atoms. The highest BCUT2D eigenvalue weighted by Crippen LogP contribution is 2.40. The summed E-state index contributed by atoms with van der Waals surface area (Å²) in [6.45, 7) is 5.22. The van der Waals surface area contributed by atoms with Crippen molar-refractivity contribution in [2.75, 3.05) is 13.1 Å². The molecule has 3 aromatic rings. The number of quaternary nitrogens is 1. The van der Waals surface area contributed by atoms with Gasteiger partial charge in [-0.25, -0.2) is 0 Å². The number of benzene rings is 2. The number of morpholine rings is 1. The standard InChI is InChI=1S/C23H21ClF3NO4/c1-12-9-28(10-13(2)31-12)11-16-18(29)8-7-15-20(30)19(14-5-3-4-6-17(14)24)22(23(25,26)27)32-21(15)16/h3-8,12-13,29H,9-11H2,1-2H3/p+1/t12-,13+. The normalized spacial score (nSPS) is 21.8. The van der Waals surface area contributed by atoms with Crippen molar-refractivity contribution in [1.82, 2.24) is 0 Å². The fraction of sp³-hybridized carbons (Fsp3) is 0.348. The third-order valence-electron chi connectivity index (χ3n) is 5.58. The molecular formula is C23H22ClF3NO4+. The smallest absolute Gasteiger partial charge is 0.450 e. The molecule has 2 heterocycles. The lowest BCUT2D eigenvalue weighted by Gasteiger charge is -2.32. The van der Waals surface area contributed by atoms with Gasteiger partial charge in [0.2, 0.25) is 11.2 Å². The zero-order chi connectivity index (χ0) is 23.2. The lowest BCUT2D eigenvalue weighted by molar-refractivity contribution is -0.928. The summed E-state index contributed by atoms with van der Waals surface area (Å²) in [6.07, 6.45) is -5.04. The van der Waals surface area contributed by atoms with Gasteiger partial charge in [-0.15, -0.1) is 0 Å². The van der Waals surface area contributed by atoms with Crippen molar-refractivity contribution in [3.8, 4) is 16.9 Å². The van der Waals surface area contributed by atoms with E-state index in [4.69, 9.17) is 20.8 Å². The summed E-state index contributed by atoms with van der Waals surface area (Å²) in [7, 11) is 0. The molecule has 9 heteroatoms. The van der Waals surface area contributed by atoms with Crippen LogP contribution in [0.3, 0.4) is 0 Å². The average Bonchev–Trinajstić information content (AvgIpc) is 2.69. The Morgan fingerprint density at radius 3 is 2.41 bits per heavy atom. The van der Waals surface area contributed by atoms with Gasteiger partial charge in [-0.3, -0.25) is 4.79 Å². The van der Waals surface area contributed by atoms with E-state index in [-0.39, 0.29) is 51.6 Å². The van der Waals surface area contributed by atoms with Crippen LogP contribution in [-0.2, 0) is 17.5 Å². The van der Waals surface area contributed by atoms with Gasteiger partial charge in [-0.1, -0.05) is 29.8 Å². The SMILES string of the molecule is C[C@@H]1C[NH+](Cc2c(O)ccc3c(=O)c(-c4ccccc4Cl)c(C(F)(F)F)oc23)C[C@H](C)O1. The van der Waals surface area contributed by atoms with Crippen LogP contribution in [-0.4, -0.2) is 30.4 Å². The molecule has 0 saturated carbocycles. The number of aromatic hydroxyl groups is 1. The molecule has 0 spiro atoms. The van der Waals surface area contributed by atoms with Crippen molar-refractivity contribution in [3.63, 3.8) is 0 Å². The Kier molecular flexibility index (Phi) is 5.96. The second-order valence-electron chi connectivity index (χ2n) is 8.15. The summed E-state index contributed by atoms with van der Waals surface area (Å²) < 4.78 is 53.1. The average molecular weight is 469 g/mol. The van der Waals surface area contributed by atoms with Crippen molar-refractivity contribution in [2.24, 2.45) is 0 Å². The molecule has 0 amide bonds. The fourth-order valence-corrected chi connectivity index (χ4v) is 4.60. The zero-order valence-corrected chi connectivity index (χ0v) is 18.2. The summed E-state index contributed by atoms with van der Waals surface area (Å²) in [5.74, 6) is -1.66. The monoisotopic (exact) mass is 468 g/mol. The third-order valence-corrected chi connectivity index (χ3v) is 5.91. The summed E-state index contributed by atoms with van der Waals surface area (Å²) in [4.78, 5) is 14.3. The van der Waals surface area contributed by atoms with Gasteiger partial charge in [0.15, 0.2) is 5.58 Å². The summed E-state index contributed by atoms with van der Waals surface area (Å²) in [5, 5.41) is 10.4. The molecule has 1 aliphatic heterocycles. The van der Waals surface area contributed by atoms with Gasteiger partial charge < -0.3 is 19.2 Å². The molecule has 2 aromatic carbocycles. The van der Waals surface area contributed by atoms with Crippen LogP contribution in [0.5, 0.6) is 5.75 Å². The molecule has 4 rings (SSSR count). The Bertz CT molecular complexity index is 1210. The second-order valence-corrected chi connectivity index (χ2v) is 8.55. The van der Waals surface area contributed by atoms with Gasteiger partial charge in [-0.05, 0) is 32.0 Å². The minimum Gasteiger partial charge on any atom is -0.507 e. The zero-order valence-electron chi connectivity index (χ0n) is 17.4. The van der Waals surface area contributed by atoms with E-state index in [9.17, 15) is 23.1 Å². The van der Waals surface area contributed by atoms with E-state index < -0.39 is 22.9 Å². The molecule has 0 bridgehead atoms. The van der Waals surface area contributed by atoms with Crippen molar-refractivity contribution in [3.05, 3.63) is 63.0 Å². The van der Waals surface area contributed by atoms with Crippen LogP contribution in [0.4, 0.5) is 13.2 Å². The molecular weight excluding hydrogens is 447 g/mol. The molecule has 0 radical (unpaired) electrons.